The molecule has 34 heavy (non-hydrogen) atoms. The Labute approximate surface area is 199 Å². The van der Waals surface area contributed by atoms with Gasteiger partial charge in [-0.2, -0.15) is 0 Å². The first-order valence-corrected chi connectivity index (χ1v) is 11.7. The Hall–Kier alpha value is -3.64. The third-order valence-corrected chi connectivity index (χ3v) is 6.87. The summed E-state index contributed by atoms with van der Waals surface area (Å²) in [6.07, 6.45) is 0.996. The number of amides is 1. The molecule has 0 bridgehead atoms. The van der Waals surface area contributed by atoms with Crippen molar-refractivity contribution in [1.29, 1.82) is 0 Å². The van der Waals surface area contributed by atoms with Crippen molar-refractivity contribution < 1.29 is 14.6 Å². The van der Waals surface area contributed by atoms with Gasteiger partial charge in [0.25, 0.3) is 17.3 Å². The zero-order valence-electron chi connectivity index (χ0n) is 18.6. The number of nitrogens with one attached hydrogen (secondary N) is 1. The maximum Gasteiger partial charge on any atom is 0.277 e. The van der Waals surface area contributed by atoms with Crippen LogP contribution in [0.5, 0.6) is 0 Å². The Morgan fingerprint density at radius 3 is 2.35 bits per heavy atom. The van der Waals surface area contributed by atoms with Crippen molar-refractivity contribution in [2.24, 2.45) is 0 Å². The fraction of sp³-hybridized carbons (Fsp3) is 0.364. The number of nitro benzene ring substituents is 2. The van der Waals surface area contributed by atoms with E-state index in [0.29, 0.717) is 13.1 Å². The molecule has 0 radical (unpaired) electrons. The normalized spacial score (nSPS) is 14.3. The van der Waals surface area contributed by atoms with Crippen molar-refractivity contribution in [2.45, 2.75) is 13.3 Å². The fourth-order valence-electron chi connectivity index (χ4n) is 3.84. The van der Waals surface area contributed by atoms with Crippen molar-refractivity contribution in [1.82, 2.24) is 15.2 Å². The Balaban J connectivity index is 1.29. The van der Waals surface area contributed by atoms with E-state index >= 15 is 0 Å². The van der Waals surface area contributed by atoms with Crippen molar-refractivity contribution in [3.63, 3.8) is 0 Å². The first kappa shape index (κ1) is 23.5. The summed E-state index contributed by atoms with van der Waals surface area (Å²) in [5.74, 6) is -0.577. The topological polar surface area (TPSA) is 135 Å². The molecule has 4 rings (SSSR count). The number of carbonyl (C=O) groups is 1. The van der Waals surface area contributed by atoms with Crippen molar-refractivity contribution in [3.8, 4) is 0 Å². The zero-order valence-corrected chi connectivity index (χ0v) is 19.4. The molecule has 1 fully saturated rings. The van der Waals surface area contributed by atoms with Crippen LogP contribution in [0.1, 0.15) is 22.8 Å². The fourth-order valence-corrected chi connectivity index (χ4v) is 4.92. The summed E-state index contributed by atoms with van der Waals surface area (Å²) in [6.45, 7) is 6.35. The van der Waals surface area contributed by atoms with Crippen LogP contribution in [-0.2, 0) is 6.42 Å². The third kappa shape index (κ3) is 5.29. The second-order valence-electron chi connectivity index (χ2n) is 7.99. The number of carbonyl (C=O) groups excluding carboxylic acids is 1. The van der Waals surface area contributed by atoms with E-state index < -0.39 is 27.1 Å². The molecule has 3 aromatic rings. The first-order chi connectivity index (χ1) is 16.3. The highest BCUT2D eigenvalue weighted by molar-refractivity contribution is 7.22. The van der Waals surface area contributed by atoms with Crippen molar-refractivity contribution >= 4 is 44.0 Å². The number of aromatic nitrogens is 1. The standard InChI is InChI=1S/C22H24N6O5S/c1-2-15-3-4-19-20(11-15)34-22(24-19)26-9-7-25(8-10-26)6-5-23-21(29)16-12-17(27(30)31)14-18(13-16)28(32)33/h3-4,11-14H,2,5-10H2,1H3,(H,23,29). The second-order valence-corrected chi connectivity index (χ2v) is 9.00. The van der Waals surface area contributed by atoms with Gasteiger partial charge in [0.2, 0.25) is 0 Å². The minimum absolute atomic E-state index is 0.104. The predicted octanol–water partition coefficient (Wildman–Crippen LogP) is 3.23. The molecule has 0 unspecified atom stereocenters. The minimum Gasteiger partial charge on any atom is -0.351 e. The van der Waals surface area contributed by atoms with Crippen LogP contribution in [0, 0.1) is 20.2 Å². The number of piperazine rings is 1. The highest BCUT2D eigenvalue weighted by atomic mass is 32.1. The van der Waals surface area contributed by atoms with Crippen LogP contribution in [0.3, 0.4) is 0 Å². The van der Waals surface area contributed by atoms with Gasteiger partial charge in [-0.15, -0.1) is 0 Å². The molecule has 0 aliphatic carbocycles. The molecule has 1 aromatic heterocycles. The highest BCUT2D eigenvalue weighted by Crippen LogP contribution is 2.30. The molecular weight excluding hydrogens is 460 g/mol. The van der Waals surface area contributed by atoms with E-state index in [-0.39, 0.29) is 5.56 Å². The summed E-state index contributed by atoms with van der Waals surface area (Å²) in [5, 5.41) is 25.8. The van der Waals surface area contributed by atoms with Crippen molar-refractivity contribution in [3.05, 3.63) is 67.8 Å². The molecule has 11 nitrogen and oxygen atoms in total. The lowest BCUT2D eigenvalue weighted by Gasteiger charge is -2.34. The van der Waals surface area contributed by atoms with E-state index in [4.69, 9.17) is 4.98 Å². The van der Waals surface area contributed by atoms with Crippen LogP contribution in [-0.4, -0.2) is 64.9 Å². The lowest BCUT2D eigenvalue weighted by molar-refractivity contribution is -0.394. The van der Waals surface area contributed by atoms with Gasteiger partial charge in [-0.1, -0.05) is 24.3 Å². The summed E-state index contributed by atoms with van der Waals surface area (Å²) in [5.41, 5.74) is 1.23. The van der Waals surface area contributed by atoms with Crippen LogP contribution >= 0.6 is 11.3 Å². The molecule has 1 aliphatic heterocycles. The van der Waals surface area contributed by atoms with Crippen LogP contribution in [0.2, 0.25) is 0 Å². The zero-order chi connectivity index (χ0) is 24.2. The van der Waals surface area contributed by atoms with Crippen LogP contribution in [0.25, 0.3) is 10.2 Å². The number of thiazole rings is 1. The van der Waals surface area contributed by atoms with Crippen LogP contribution < -0.4 is 10.2 Å². The highest BCUT2D eigenvalue weighted by Gasteiger charge is 2.22. The van der Waals surface area contributed by atoms with Gasteiger partial charge in [0.1, 0.15) is 0 Å². The monoisotopic (exact) mass is 484 g/mol. The molecule has 12 heteroatoms. The number of rotatable bonds is 8. The Kier molecular flexibility index (Phi) is 6.98. The SMILES string of the molecule is CCc1ccc2nc(N3CCN(CCNC(=O)c4cc([N+](=O)[O-])cc([N+](=O)[O-])c4)CC3)sc2c1. The maximum atomic E-state index is 12.4. The average molecular weight is 485 g/mol. The molecule has 1 saturated heterocycles. The molecule has 2 aromatic carbocycles. The maximum absolute atomic E-state index is 12.4. The Morgan fingerprint density at radius 1 is 1.06 bits per heavy atom. The quantitative estimate of drug-likeness (QED) is 0.380. The predicted molar refractivity (Wildman–Crippen MR) is 130 cm³/mol. The molecule has 178 valence electrons. The van der Waals surface area contributed by atoms with Gasteiger partial charge in [0.15, 0.2) is 5.13 Å². The second kappa shape index (κ2) is 10.1. The van der Waals surface area contributed by atoms with Gasteiger partial charge in [-0.05, 0) is 24.1 Å². The van der Waals surface area contributed by atoms with Crippen LogP contribution in [0.15, 0.2) is 36.4 Å². The molecule has 1 N–H and O–H groups in total. The molecular formula is C22H24N6O5S. The van der Waals surface area contributed by atoms with E-state index in [1.807, 2.05) is 0 Å². The van der Waals surface area contributed by atoms with E-state index in [1.54, 1.807) is 11.3 Å². The largest absolute Gasteiger partial charge is 0.351 e. The average Bonchev–Trinajstić information content (AvgIpc) is 3.27. The summed E-state index contributed by atoms with van der Waals surface area (Å²) in [7, 11) is 0. The smallest absolute Gasteiger partial charge is 0.277 e. The first-order valence-electron chi connectivity index (χ1n) is 10.9. The summed E-state index contributed by atoms with van der Waals surface area (Å²) in [4.78, 5) is 42.2. The number of hydrogen-bond donors (Lipinski definition) is 1. The van der Waals surface area contributed by atoms with Gasteiger partial charge in [-0.25, -0.2) is 4.98 Å². The molecule has 1 aliphatic rings. The number of aryl methyl sites for hydroxylation is 1. The number of hydrogen-bond acceptors (Lipinski definition) is 9. The summed E-state index contributed by atoms with van der Waals surface area (Å²) in [6, 6.07) is 9.31. The lowest BCUT2D eigenvalue weighted by Crippen LogP contribution is -2.48. The molecule has 2 heterocycles. The van der Waals surface area contributed by atoms with Gasteiger partial charge in [-0.3, -0.25) is 29.9 Å². The summed E-state index contributed by atoms with van der Waals surface area (Å²) >= 11 is 1.70. The number of benzene rings is 2. The molecule has 0 saturated carbocycles. The molecule has 0 atom stereocenters. The lowest BCUT2D eigenvalue weighted by atomic mass is 10.1. The number of nitrogens with zero attached hydrogens (tertiary/aromatic N) is 5. The van der Waals surface area contributed by atoms with Gasteiger partial charge in [0, 0.05) is 51.4 Å². The minimum atomic E-state index is -0.753. The van der Waals surface area contributed by atoms with Gasteiger partial charge >= 0.3 is 0 Å². The number of anilines is 1. The van der Waals surface area contributed by atoms with Crippen LogP contribution in [0.4, 0.5) is 16.5 Å². The van der Waals surface area contributed by atoms with E-state index in [1.165, 1.54) is 10.3 Å². The third-order valence-electron chi connectivity index (χ3n) is 5.79. The number of nitro groups is 2. The Bertz CT molecular complexity index is 1210. The van der Waals surface area contributed by atoms with E-state index in [9.17, 15) is 25.0 Å². The van der Waals surface area contributed by atoms with Gasteiger partial charge < -0.3 is 10.2 Å². The van der Waals surface area contributed by atoms with E-state index in [2.05, 4.69) is 40.2 Å². The Morgan fingerprint density at radius 2 is 1.74 bits per heavy atom. The molecule has 1 amide bonds. The van der Waals surface area contributed by atoms with Crippen molar-refractivity contribution in [2.75, 3.05) is 44.2 Å². The summed E-state index contributed by atoms with van der Waals surface area (Å²) < 4.78 is 1.20. The number of fused-ring (bicyclic) bond motifs is 1. The molecule has 0 spiro atoms. The number of non-ortho nitro benzene ring substituents is 2. The van der Waals surface area contributed by atoms with E-state index in [0.717, 1.165) is 61.4 Å². The van der Waals surface area contributed by atoms with Gasteiger partial charge in [0.05, 0.1) is 31.7 Å².